The molecule has 1 aliphatic rings. The molecule has 1 aromatic heterocycles. The quantitative estimate of drug-likeness (QED) is 0.802. The Morgan fingerprint density at radius 1 is 1.45 bits per heavy atom. The van der Waals surface area contributed by atoms with Crippen LogP contribution in [-0.4, -0.2) is 38.7 Å². The molecule has 0 amide bonds. The summed E-state index contributed by atoms with van der Waals surface area (Å²) in [7, 11) is 0. The third-order valence-electron chi connectivity index (χ3n) is 4.22. The number of piperidine rings is 1. The number of carbonyl (C=O) groups is 1. The molecule has 0 radical (unpaired) electrons. The van der Waals surface area contributed by atoms with Crippen LogP contribution in [0.15, 0.2) is 23.5 Å². The van der Waals surface area contributed by atoms with Crippen LogP contribution in [0.2, 0.25) is 0 Å². The molecule has 6 heteroatoms. The van der Waals surface area contributed by atoms with Crippen LogP contribution >= 0.6 is 0 Å². The second kappa shape index (κ2) is 6.79. The van der Waals surface area contributed by atoms with Gasteiger partial charge in [-0.15, -0.1) is 6.58 Å². The van der Waals surface area contributed by atoms with Crippen molar-refractivity contribution in [3.05, 3.63) is 40.3 Å². The van der Waals surface area contributed by atoms with Crippen molar-refractivity contribution in [3.63, 3.8) is 0 Å². The van der Waals surface area contributed by atoms with Crippen LogP contribution in [0.4, 0.5) is 0 Å². The maximum absolute atomic E-state index is 11.8. The van der Waals surface area contributed by atoms with Gasteiger partial charge in [0.2, 0.25) is 5.43 Å². The fourth-order valence-electron chi connectivity index (χ4n) is 2.91. The average molecular weight is 306 g/mol. The SMILES string of the molecule is C=CCn1c(C)cc(=O)c(O)c1CN1CCC(C(=O)O)CC1. The highest BCUT2D eigenvalue weighted by Gasteiger charge is 2.25. The van der Waals surface area contributed by atoms with E-state index < -0.39 is 5.97 Å². The van der Waals surface area contributed by atoms with Gasteiger partial charge in [0.15, 0.2) is 5.75 Å². The largest absolute Gasteiger partial charge is 0.503 e. The molecule has 22 heavy (non-hydrogen) atoms. The van der Waals surface area contributed by atoms with E-state index in [1.807, 2.05) is 11.5 Å². The standard InChI is InChI=1S/C16H22N2O4/c1-3-6-18-11(2)9-14(19)15(20)13(18)10-17-7-4-12(5-8-17)16(21)22/h3,9,12,20H,1,4-8,10H2,2H3,(H,21,22). The van der Waals surface area contributed by atoms with E-state index in [0.29, 0.717) is 44.7 Å². The van der Waals surface area contributed by atoms with Crippen molar-refractivity contribution < 1.29 is 15.0 Å². The van der Waals surface area contributed by atoms with Gasteiger partial charge in [-0.2, -0.15) is 0 Å². The maximum atomic E-state index is 11.8. The van der Waals surface area contributed by atoms with E-state index in [4.69, 9.17) is 5.11 Å². The van der Waals surface area contributed by atoms with E-state index >= 15 is 0 Å². The van der Waals surface area contributed by atoms with Gasteiger partial charge in [-0.3, -0.25) is 14.5 Å². The Morgan fingerprint density at radius 2 is 2.09 bits per heavy atom. The summed E-state index contributed by atoms with van der Waals surface area (Å²) in [4.78, 5) is 24.9. The number of aryl methyl sites for hydroxylation is 1. The average Bonchev–Trinajstić information content (AvgIpc) is 2.49. The van der Waals surface area contributed by atoms with Gasteiger partial charge in [-0.1, -0.05) is 6.08 Å². The van der Waals surface area contributed by atoms with Crippen molar-refractivity contribution in [3.8, 4) is 5.75 Å². The predicted octanol–water partition coefficient (Wildman–Crippen LogP) is 1.34. The fourth-order valence-corrected chi connectivity index (χ4v) is 2.91. The topological polar surface area (TPSA) is 82.8 Å². The normalized spacial score (nSPS) is 16.6. The summed E-state index contributed by atoms with van der Waals surface area (Å²) < 4.78 is 1.87. The molecule has 0 atom stereocenters. The zero-order valence-corrected chi connectivity index (χ0v) is 12.8. The minimum absolute atomic E-state index is 0.229. The molecule has 0 saturated carbocycles. The molecule has 0 aliphatic carbocycles. The van der Waals surface area contributed by atoms with Gasteiger partial charge in [-0.05, 0) is 32.9 Å². The number of rotatable bonds is 5. The smallest absolute Gasteiger partial charge is 0.306 e. The highest BCUT2D eigenvalue weighted by Crippen LogP contribution is 2.22. The van der Waals surface area contributed by atoms with E-state index in [9.17, 15) is 14.7 Å². The molecule has 1 aromatic rings. The number of allylic oxidation sites excluding steroid dienone is 1. The minimum Gasteiger partial charge on any atom is -0.503 e. The predicted molar refractivity (Wildman–Crippen MR) is 82.9 cm³/mol. The number of hydrogen-bond acceptors (Lipinski definition) is 4. The van der Waals surface area contributed by atoms with Gasteiger partial charge in [0.1, 0.15) is 0 Å². The van der Waals surface area contributed by atoms with Gasteiger partial charge >= 0.3 is 5.97 Å². The number of pyridine rings is 1. The Balaban J connectivity index is 2.21. The van der Waals surface area contributed by atoms with Crippen molar-refractivity contribution in [2.75, 3.05) is 13.1 Å². The van der Waals surface area contributed by atoms with Crippen LogP contribution in [0, 0.1) is 12.8 Å². The van der Waals surface area contributed by atoms with Crippen LogP contribution in [-0.2, 0) is 17.9 Å². The molecule has 2 N–H and O–H groups in total. The van der Waals surface area contributed by atoms with Crippen LogP contribution < -0.4 is 5.43 Å². The summed E-state index contributed by atoms with van der Waals surface area (Å²) in [5.41, 5.74) is 0.963. The number of aliphatic carboxylic acids is 1. The summed E-state index contributed by atoms with van der Waals surface area (Å²) in [5.74, 6) is -1.27. The first-order valence-electron chi connectivity index (χ1n) is 7.42. The Labute approximate surface area is 129 Å². The second-order valence-corrected chi connectivity index (χ2v) is 5.73. The Morgan fingerprint density at radius 3 is 2.64 bits per heavy atom. The van der Waals surface area contributed by atoms with E-state index in [-0.39, 0.29) is 17.1 Å². The first-order valence-corrected chi connectivity index (χ1v) is 7.42. The van der Waals surface area contributed by atoms with Crippen molar-refractivity contribution >= 4 is 5.97 Å². The van der Waals surface area contributed by atoms with E-state index in [1.54, 1.807) is 6.08 Å². The van der Waals surface area contributed by atoms with Crippen molar-refractivity contribution in [2.24, 2.45) is 5.92 Å². The first kappa shape index (κ1) is 16.3. The summed E-state index contributed by atoms with van der Waals surface area (Å²) in [6, 6.07) is 1.42. The third kappa shape index (κ3) is 3.39. The number of aromatic hydroxyl groups is 1. The second-order valence-electron chi connectivity index (χ2n) is 5.73. The highest BCUT2D eigenvalue weighted by atomic mass is 16.4. The van der Waals surface area contributed by atoms with Crippen molar-refractivity contribution in [2.45, 2.75) is 32.9 Å². The summed E-state index contributed by atoms with van der Waals surface area (Å²) >= 11 is 0. The fraction of sp³-hybridized carbons (Fsp3) is 0.500. The van der Waals surface area contributed by atoms with Crippen LogP contribution in [0.3, 0.4) is 0 Å². The van der Waals surface area contributed by atoms with Crippen molar-refractivity contribution in [1.29, 1.82) is 0 Å². The Kier molecular flexibility index (Phi) is 5.03. The molecular formula is C16H22N2O4. The Bertz CT molecular complexity index is 628. The number of aromatic nitrogens is 1. The number of nitrogens with zero attached hydrogens (tertiary/aromatic N) is 2. The van der Waals surface area contributed by atoms with Crippen molar-refractivity contribution in [1.82, 2.24) is 9.47 Å². The number of likely N-dealkylation sites (tertiary alicyclic amines) is 1. The zero-order chi connectivity index (χ0) is 16.3. The number of carboxylic acid groups (broad SMARTS) is 1. The van der Waals surface area contributed by atoms with E-state index in [1.165, 1.54) is 6.07 Å². The lowest BCUT2D eigenvalue weighted by Crippen LogP contribution is -2.37. The maximum Gasteiger partial charge on any atom is 0.306 e. The van der Waals surface area contributed by atoms with E-state index in [0.717, 1.165) is 5.69 Å². The molecule has 1 fully saturated rings. The number of carboxylic acids is 1. The molecule has 0 bridgehead atoms. The zero-order valence-electron chi connectivity index (χ0n) is 12.8. The summed E-state index contributed by atoms with van der Waals surface area (Å²) in [6.07, 6.45) is 2.90. The van der Waals surface area contributed by atoms with Crippen LogP contribution in [0.1, 0.15) is 24.2 Å². The lowest BCUT2D eigenvalue weighted by Gasteiger charge is -2.31. The molecular weight excluding hydrogens is 284 g/mol. The van der Waals surface area contributed by atoms with Gasteiger partial charge in [0.25, 0.3) is 0 Å². The molecule has 6 nitrogen and oxygen atoms in total. The molecule has 0 unspecified atom stereocenters. The minimum atomic E-state index is -0.749. The van der Waals surface area contributed by atoms with Gasteiger partial charge in [0, 0.05) is 24.8 Å². The molecule has 1 saturated heterocycles. The lowest BCUT2D eigenvalue weighted by atomic mass is 9.97. The highest BCUT2D eigenvalue weighted by molar-refractivity contribution is 5.70. The van der Waals surface area contributed by atoms with Crippen LogP contribution in [0.5, 0.6) is 5.75 Å². The van der Waals surface area contributed by atoms with Gasteiger partial charge in [-0.25, -0.2) is 0 Å². The first-order chi connectivity index (χ1) is 10.4. The molecule has 2 rings (SSSR count). The Hall–Kier alpha value is -2.08. The van der Waals surface area contributed by atoms with Crippen LogP contribution in [0.25, 0.3) is 0 Å². The lowest BCUT2D eigenvalue weighted by molar-refractivity contribution is -0.143. The summed E-state index contributed by atoms with van der Waals surface area (Å²) in [5, 5.41) is 19.1. The van der Waals surface area contributed by atoms with Gasteiger partial charge in [0.05, 0.1) is 11.6 Å². The molecule has 2 heterocycles. The number of hydrogen-bond donors (Lipinski definition) is 2. The molecule has 0 aromatic carbocycles. The third-order valence-corrected chi connectivity index (χ3v) is 4.22. The van der Waals surface area contributed by atoms with E-state index in [2.05, 4.69) is 11.5 Å². The monoisotopic (exact) mass is 306 g/mol. The molecule has 0 spiro atoms. The van der Waals surface area contributed by atoms with Gasteiger partial charge < -0.3 is 14.8 Å². The summed E-state index contributed by atoms with van der Waals surface area (Å²) in [6.45, 7) is 7.77. The molecule has 120 valence electrons. The molecule has 1 aliphatic heterocycles.